The van der Waals surface area contributed by atoms with Crippen LogP contribution in [0.2, 0.25) is 0 Å². The van der Waals surface area contributed by atoms with E-state index in [1.807, 2.05) is 23.9 Å². The average Bonchev–Trinajstić information content (AvgIpc) is 2.99. The van der Waals surface area contributed by atoms with Crippen molar-refractivity contribution in [2.45, 2.75) is 25.8 Å². The maximum atomic E-state index is 12.6. The number of amides is 2. The number of hydrogen-bond acceptors (Lipinski definition) is 4. The Morgan fingerprint density at radius 1 is 1.38 bits per heavy atom. The predicted molar refractivity (Wildman–Crippen MR) is 81.6 cm³/mol. The van der Waals surface area contributed by atoms with Crippen LogP contribution in [-0.4, -0.2) is 79.4 Å². The highest BCUT2D eigenvalue weighted by atomic mass is 16.2. The van der Waals surface area contributed by atoms with Gasteiger partial charge in [0.15, 0.2) is 0 Å². The zero-order valence-electron chi connectivity index (χ0n) is 13.4. The van der Waals surface area contributed by atoms with E-state index in [1.54, 1.807) is 0 Å². The summed E-state index contributed by atoms with van der Waals surface area (Å²) < 4.78 is 0. The van der Waals surface area contributed by atoms with Gasteiger partial charge in [-0.15, -0.1) is 0 Å². The monoisotopic (exact) mass is 296 g/mol. The van der Waals surface area contributed by atoms with E-state index in [0.29, 0.717) is 32.0 Å². The van der Waals surface area contributed by atoms with Gasteiger partial charge in [0.25, 0.3) is 0 Å². The van der Waals surface area contributed by atoms with Gasteiger partial charge in [0.1, 0.15) is 0 Å². The van der Waals surface area contributed by atoms with Crippen LogP contribution in [-0.2, 0) is 9.59 Å². The Balaban J connectivity index is 1.91. The summed E-state index contributed by atoms with van der Waals surface area (Å²) >= 11 is 0. The summed E-state index contributed by atoms with van der Waals surface area (Å²) in [7, 11) is 3.98. The Bertz CT molecular complexity index is 399. The first-order valence-corrected chi connectivity index (χ1v) is 7.85. The molecule has 120 valence electrons. The zero-order chi connectivity index (χ0) is 15.6. The van der Waals surface area contributed by atoms with Crippen LogP contribution in [0.25, 0.3) is 0 Å². The standard InChI is InChI=1S/C15H28N4O2/c1-11-6-12(8-16)9-19(11)15(21)13-7-14(20)18(10-13)5-4-17(2)3/h11-13H,4-10,16H2,1-3H3. The Kier molecular flexibility index (Phi) is 5.22. The number of rotatable bonds is 5. The number of nitrogens with zero attached hydrogens (tertiary/aromatic N) is 3. The molecule has 3 atom stereocenters. The molecule has 0 aromatic rings. The molecule has 0 aromatic carbocycles. The van der Waals surface area contributed by atoms with Gasteiger partial charge in [0.2, 0.25) is 11.8 Å². The molecule has 2 N–H and O–H groups in total. The number of carbonyl (C=O) groups is 2. The fourth-order valence-corrected chi connectivity index (χ4v) is 3.33. The van der Waals surface area contributed by atoms with Crippen molar-refractivity contribution in [2.24, 2.45) is 17.6 Å². The fourth-order valence-electron chi connectivity index (χ4n) is 3.33. The Hall–Kier alpha value is -1.14. The zero-order valence-corrected chi connectivity index (χ0v) is 13.4. The lowest BCUT2D eigenvalue weighted by atomic mass is 10.1. The third kappa shape index (κ3) is 3.74. The second-order valence-electron chi connectivity index (χ2n) is 6.72. The van der Waals surface area contributed by atoms with Gasteiger partial charge >= 0.3 is 0 Å². The van der Waals surface area contributed by atoms with Crippen LogP contribution in [0.3, 0.4) is 0 Å². The van der Waals surface area contributed by atoms with Gasteiger partial charge in [-0.1, -0.05) is 0 Å². The molecule has 2 saturated heterocycles. The number of likely N-dealkylation sites (N-methyl/N-ethyl adjacent to an activating group) is 1. The van der Waals surface area contributed by atoms with Gasteiger partial charge in [0.05, 0.1) is 5.92 Å². The van der Waals surface area contributed by atoms with Crippen molar-refractivity contribution in [3.05, 3.63) is 0 Å². The molecule has 0 radical (unpaired) electrons. The summed E-state index contributed by atoms with van der Waals surface area (Å²) in [5, 5.41) is 0. The van der Waals surface area contributed by atoms with Crippen LogP contribution in [0.15, 0.2) is 0 Å². The Morgan fingerprint density at radius 2 is 2.10 bits per heavy atom. The molecule has 0 bridgehead atoms. The lowest BCUT2D eigenvalue weighted by molar-refractivity contribution is -0.136. The van der Waals surface area contributed by atoms with Gasteiger partial charge in [-0.2, -0.15) is 0 Å². The van der Waals surface area contributed by atoms with Crippen molar-refractivity contribution in [1.29, 1.82) is 0 Å². The SMILES string of the molecule is CC1CC(CN)CN1C(=O)C1CC(=O)N(CCN(C)C)C1. The summed E-state index contributed by atoms with van der Waals surface area (Å²) in [5.74, 6) is 0.487. The van der Waals surface area contributed by atoms with E-state index in [1.165, 1.54) is 0 Å². The van der Waals surface area contributed by atoms with Crippen molar-refractivity contribution >= 4 is 11.8 Å². The Labute approximate surface area is 127 Å². The van der Waals surface area contributed by atoms with Crippen LogP contribution in [0.4, 0.5) is 0 Å². The third-order valence-corrected chi connectivity index (χ3v) is 4.66. The highest BCUT2D eigenvalue weighted by Gasteiger charge is 2.40. The van der Waals surface area contributed by atoms with Crippen LogP contribution in [0.5, 0.6) is 0 Å². The summed E-state index contributed by atoms with van der Waals surface area (Å²) in [6.07, 6.45) is 1.34. The third-order valence-electron chi connectivity index (χ3n) is 4.66. The van der Waals surface area contributed by atoms with E-state index in [-0.39, 0.29) is 23.8 Å². The van der Waals surface area contributed by atoms with E-state index in [2.05, 4.69) is 11.8 Å². The number of nitrogens with two attached hydrogens (primary N) is 1. The molecule has 2 fully saturated rings. The first-order valence-electron chi connectivity index (χ1n) is 7.85. The van der Waals surface area contributed by atoms with Crippen molar-refractivity contribution in [1.82, 2.24) is 14.7 Å². The highest BCUT2D eigenvalue weighted by molar-refractivity contribution is 5.89. The molecule has 21 heavy (non-hydrogen) atoms. The van der Waals surface area contributed by atoms with Gasteiger partial charge < -0.3 is 20.4 Å². The molecule has 2 heterocycles. The summed E-state index contributed by atoms with van der Waals surface area (Å²) in [5.41, 5.74) is 5.72. The first-order chi connectivity index (χ1) is 9.92. The van der Waals surface area contributed by atoms with Crippen molar-refractivity contribution in [3.63, 3.8) is 0 Å². The summed E-state index contributed by atoms with van der Waals surface area (Å²) in [4.78, 5) is 30.5. The molecule has 0 spiro atoms. The van der Waals surface area contributed by atoms with Crippen LogP contribution in [0.1, 0.15) is 19.8 Å². The summed E-state index contributed by atoms with van der Waals surface area (Å²) in [6.45, 7) is 5.57. The topological polar surface area (TPSA) is 69.9 Å². The molecule has 2 aliphatic rings. The van der Waals surface area contributed by atoms with Gasteiger partial charge in [-0.05, 0) is 39.9 Å². The van der Waals surface area contributed by atoms with E-state index in [4.69, 9.17) is 5.73 Å². The molecule has 0 aromatic heterocycles. The maximum Gasteiger partial charge on any atom is 0.228 e. The largest absolute Gasteiger partial charge is 0.341 e. The smallest absolute Gasteiger partial charge is 0.228 e. The van der Waals surface area contributed by atoms with E-state index in [9.17, 15) is 9.59 Å². The molecule has 2 rings (SSSR count). The first kappa shape index (κ1) is 16.2. The number of carbonyl (C=O) groups excluding carboxylic acids is 2. The summed E-state index contributed by atoms with van der Waals surface area (Å²) in [6, 6.07) is 0.247. The van der Waals surface area contributed by atoms with E-state index in [0.717, 1.165) is 19.5 Å². The predicted octanol–water partition coefficient (Wildman–Crippen LogP) is -0.408. The Morgan fingerprint density at radius 3 is 2.67 bits per heavy atom. The highest BCUT2D eigenvalue weighted by Crippen LogP contribution is 2.27. The van der Waals surface area contributed by atoms with Crippen molar-refractivity contribution in [2.75, 3.05) is 46.8 Å². The molecule has 0 saturated carbocycles. The minimum Gasteiger partial charge on any atom is -0.341 e. The second kappa shape index (κ2) is 6.75. The molecule has 3 unspecified atom stereocenters. The quantitative estimate of drug-likeness (QED) is 0.749. The van der Waals surface area contributed by atoms with Gasteiger partial charge in [-0.25, -0.2) is 0 Å². The van der Waals surface area contributed by atoms with Crippen LogP contribution >= 0.6 is 0 Å². The molecular formula is C15H28N4O2. The van der Waals surface area contributed by atoms with Crippen molar-refractivity contribution < 1.29 is 9.59 Å². The fraction of sp³-hybridized carbons (Fsp3) is 0.867. The lowest BCUT2D eigenvalue weighted by Gasteiger charge is -2.25. The molecule has 2 aliphatic heterocycles. The number of hydrogen-bond donors (Lipinski definition) is 1. The van der Waals surface area contributed by atoms with Crippen LogP contribution < -0.4 is 5.73 Å². The molecule has 6 heteroatoms. The molecule has 2 amide bonds. The molecule has 6 nitrogen and oxygen atoms in total. The normalized spacial score (nSPS) is 29.8. The second-order valence-corrected chi connectivity index (χ2v) is 6.72. The van der Waals surface area contributed by atoms with Crippen molar-refractivity contribution in [3.8, 4) is 0 Å². The molecule has 0 aliphatic carbocycles. The van der Waals surface area contributed by atoms with Crippen LogP contribution in [0, 0.1) is 11.8 Å². The van der Waals surface area contributed by atoms with Gasteiger partial charge in [0, 0.05) is 38.6 Å². The maximum absolute atomic E-state index is 12.6. The molecular weight excluding hydrogens is 268 g/mol. The van der Waals surface area contributed by atoms with E-state index >= 15 is 0 Å². The van der Waals surface area contributed by atoms with E-state index < -0.39 is 0 Å². The lowest BCUT2D eigenvalue weighted by Crippen LogP contribution is -2.40. The van der Waals surface area contributed by atoms with Gasteiger partial charge in [-0.3, -0.25) is 9.59 Å². The minimum atomic E-state index is -0.168. The average molecular weight is 296 g/mol. The minimum absolute atomic E-state index is 0.109. The number of likely N-dealkylation sites (tertiary alicyclic amines) is 2.